The molecule has 5 heteroatoms. The van der Waals surface area contributed by atoms with Crippen molar-refractivity contribution in [3.63, 3.8) is 0 Å². The molecule has 0 amide bonds. The van der Waals surface area contributed by atoms with Crippen LogP contribution in [0.15, 0.2) is 28.7 Å². The quantitative estimate of drug-likeness (QED) is 0.767. The molecular formula is C15H14ClN3O. The summed E-state index contributed by atoms with van der Waals surface area (Å²) in [5, 5.41) is 4.64. The summed E-state index contributed by atoms with van der Waals surface area (Å²) in [6.07, 6.45) is 0. The highest BCUT2D eigenvalue weighted by Crippen LogP contribution is 2.33. The fraction of sp³-hybridized carbons (Fsp3) is 0.200. The van der Waals surface area contributed by atoms with Gasteiger partial charge in [-0.25, -0.2) is 9.97 Å². The number of benzene rings is 1. The Balaban J connectivity index is 2.25. The highest BCUT2D eigenvalue weighted by molar-refractivity contribution is 6.34. The molecule has 0 fully saturated rings. The number of aryl methyl sites for hydroxylation is 1. The van der Waals surface area contributed by atoms with Crippen LogP contribution < -0.4 is 5.32 Å². The lowest BCUT2D eigenvalue weighted by Gasteiger charge is -2.08. The third kappa shape index (κ3) is 2.02. The lowest BCUT2D eigenvalue weighted by atomic mass is 10.1. The van der Waals surface area contributed by atoms with Crippen molar-refractivity contribution < 1.29 is 4.42 Å². The van der Waals surface area contributed by atoms with Crippen molar-refractivity contribution in [2.24, 2.45) is 0 Å². The number of hydrogen-bond acceptors (Lipinski definition) is 4. The predicted molar refractivity (Wildman–Crippen MR) is 81.3 cm³/mol. The number of rotatable bonds is 2. The van der Waals surface area contributed by atoms with E-state index >= 15 is 0 Å². The van der Waals surface area contributed by atoms with E-state index in [9.17, 15) is 0 Å². The fourth-order valence-corrected chi connectivity index (χ4v) is 2.48. The first-order valence-electron chi connectivity index (χ1n) is 6.31. The standard InChI is InChI=1S/C15H14ClN3O/c1-8-13(18-9(2)19-15(8)17-3)12-7-10-5-4-6-11(16)14(10)20-12/h4-7H,1-3H3,(H,17,18,19). The Morgan fingerprint density at radius 2 is 2.00 bits per heavy atom. The number of fused-ring (bicyclic) bond motifs is 1. The van der Waals surface area contributed by atoms with E-state index in [1.165, 1.54) is 0 Å². The number of hydrogen-bond donors (Lipinski definition) is 1. The van der Waals surface area contributed by atoms with E-state index in [4.69, 9.17) is 16.0 Å². The van der Waals surface area contributed by atoms with Crippen molar-refractivity contribution in [2.45, 2.75) is 13.8 Å². The molecule has 3 rings (SSSR count). The molecule has 0 aliphatic heterocycles. The largest absolute Gasteiger partial charge is 0.453 e. The first kappa shape index (κ1) is 12.9. The summed E-state index contributed by atoms with van der Waals surface area (Å²) in [5.74, 6) is 2.20. The minimum Gasteiger partial charge on any atom is -0.453 e. The summed E-state index contributed by atoms with van der Waals surface area (Å²) in [6.45, 7) is 3.83. The molecule has 2 aromatic heterocycles. The Labute approximate surface area is 121 Å². The molecule has 0 unspecified atom stereocenters. The zero-order valence-corrected chi connectivity index (χ0v) is 12.2. The number of nitrogens with one attached hydrogen (secondary N) is 1. The van der Waals surface area contributed by atoms with Gasteiger partial charge in [-0.1, -0.05) is 23.7 Å². The molecule has 0 spiro atoms. The van der Waals surface area contributed by atoms with Gasteiger partial charge in [-0.3, -0.25) is 0 Å². The molecule has 4 nitrogen and oxygen atoms in total. The molecule has 20 heavy (non-hydrogen) atoms. The maximum atomic E-state index is 6.15. The molecule has 0 saturated heterocycles. The molecule has 0 radical (unpaired) electrons. The number of halogens is 1. The van der Waals surface area contributed by atoms with Crippen molar-refractivity contribution in [2.75, 3.05) is 12.4 Å². The Hall–Kier alpha value is -2.07. The smallest absolute Gasteiger partial charge is 0.154 e. The van der Waals surface area contributed by atoms with Crippen molar-refractivity contribution in [3.8, 4) is 11.5 Å². The van der Waals surface area contributed by atoms with Crippen LogP contribution >= 0.6 is 11.6 Å². The number of nitrogens with zero attached hydrogens (tertiary/aromatic N) is 2. The average Bonchev–Trinajstić information content (AvgIpc) is 2.86. The van der Waals surface area contributed by atoms with E-state index in [-0.39, 0.29) is 0 Å². The van der Waals surface area contributed by atoms with Gasteiger partial charge in [0.2, 0.25) is 0 Å². The first-order valence-corrected chi connectivity index (χ1v) is 6.69. The summed E-state index contributed by atoms with van der Waals surface area (Å²) in [7, 11) is 1.84. The minimum atomic E-state index is 0.603. The number of para-hydroxylation sites is 1. The normalized spacial score (nSPS) is 11.0. The van der Waals surface area contributed by atoms with E-state index in [1.54, 1.807) is 0 Å². The minimum absolute atomic E-state index is 0.603. The summed E-state index contributed by atoms with van der Waals surface area (Å²) < 4.78 is 5.87. The van der Waals surface area contributed by atoms with E-state index in [1.807, 2.05) is 45.2 Å². The lowest BCUT2D eigenvalue weighted by molar-refractivity contribution is 0.627. The van der Waals surface area contributed by atoms with Gasteiger partial charge >= 0.3 is 0 Å². The molecule has 0 aliphatic carbocycles. The predicted octanol–water partition coefficient (Wildman–Crippen LogP) is 4.20. The second kappa shape index (κ2) is 4.80. The summed E-state index contributed by atoms with van der Waals surface area (Å²) in [6, 6.07) is 7.64. The average molecular weight is 288 g/mol. The van der Waals surface area contributed by atoms with Crippen LogP contribution in [-0.2, 0) is 0 Å². The van der Waals surface area contributed by atoms with E-state index in [2.05, 4.69) is 15.3 Å². The van der Waals surface area contributed by atoms with Gasteiger partial charge in [-0.2, -0.15) is 0 Å². The molecule has 0 saturated carbocycles. The summed E-state index contributed by atoms with van der Waals surface area (Å²) in [4.78, 5) is 8.85. The summed E-state index contributed by atoms with van der Waals surface area (Å²) in [5.41, 5.74) is 2.42. The second-order valence-electron chi connectivity index (χ2n) is 4.61. The molecule has 0 aliphatic rings. The molecular weight excluding hydrogens is 274 g/mol. The third-order valence-corrected chi connectivity index (χ3v) is 3.52. The summed E-state index contributed by atoms with van der Waals surface area (Å²) >= 11 is 6.15. The Bertz CT molecular complexity index is 795. The SMILES string of the molecule is CNc1nc(C)nc(-c2cc3cccc(Cl)c3o2)c1C. The number of anilines is 1. The molecule has 3 aromatic rings. The highest BCUT2D eigenvalue weighted by atomic mass is 35.5. The first-order chi connectivity index (χ1) is 9.60. The number of furan rings is 1. The van der Waals surface area contributed by atoms with Crippen molar-refractivity contribution in [3.05, 3.63) is 40.7 Å². The van der Waals surface area contributed by atoms with Crippen LogP contribution in [0.1, 0.15) is 11.4 Å². The zero-order valence-electron chi connectivity index (χ0n) is 11.5. The van der Waals surface area contributed by atoms with Crippen LogP contribution in [0.25, 0.3) is 22.4 Å². The molecule has 0 bridgehead atoms. The monoisotopic (exact) mass is 287 g/mol. The van der Waals surface area contributed by atoms with Crippen molar-refractivity contribution >= 4 is 28.4 Å². The van der Waals surface area contributed by atoms with Crippen LogP contribution in [-0.4, -0.2) is 17.0 Å². The van der Waals surface area contributed by atoms with Gasteiger partial charge in [-0.15, -0.1) is 0 Å². The lowest BCUT2D eigenvalue weighted by Crippen LogP contribution is -2.02. The molecule has 0 atom stereocenters. The molecule has 2 heterocycles. The number of aromatic nitrogens is 2. The van der Waals surface area contributed by atoms with Crippen LogP contribution in [0.3, 0.4) is 0 Å². The van der Waals surface area contributed by atoms with Gasteiger partial charge in [0.25, 0.3) is 0 Å². The van der Waals surface area contributed by atoms with Gasteiger partial charge in [0, 0.05) is 18.0 Å². The van der Waals surface area contributed by atoms with Crippen LogP contribution in [0.5, 0.6) is 0 Å². The van der Waals surface area contributed by atoms with E-state index in [0.29, 0.717) is 22.2 Å². The van der Waals surface area contributed by atoms with Crippen LogP contribution in [0, 0.1) is 13.8 Å². The van der Waals surface area contributed by atoms with Gasteiger partial charge in [0.05, 0.1) is 5.02 Å². The third-order valence-electron chi connectivity index (χ3n) is 3.22. The van der Waals surface area contributed by atoms with Crippen LogP contribution in [0.2, 0.25) is 5.02 Å². The van der Waals surface area contributed by atoms with Crippen molar-refractivity contribution in [1.29, 1.82) is 0 Å². The Kier molecular flexibility index (Phi) is 3.10. The van der Waals surface area contributed by atoms with Gasteiger partial charge < -0.3 is 9.73 Å². The van der Waals surface area contributed by atoms with Gasteiger partial charge in [0.1, 0.15) is 17.3 Å². The van der Waals surface area contributed by atoms with E-state index in [0.717, 1.165) is 22.5 Å². The zero-order chi connectivity index (χ0) is 14.3. The van der Waals surface area contributed by atoms with Crippen LogP contribution in [0.4, 0.5) is 5.82 Å². The van der Waals surface area contributed by atoms with Crippen molar-refractivity contribution in [1.82, 2.24) is 9.97 Å². The molecule has 102 valence electrons. The molecule has 1 aromatic carbocycles. The Morgan fingerprint density at radius 1 is 1.20 bits per heavy atom. The Morgan fingerprint density at radius 3 is 2.70 bits per heavy atom. The van der Waals surface area contributed by atoms with Gasteiger partial charge in [0.15, 0.2) is 11.3 Å². The highest BCUT2D eigenvalue weighted by Gasteiger charge is 2.15. The fourth-order valence-electron chi connectivity index (χ4n) is 2.26. The second-order valence-corrected chi connectivity index (χ2v) is 5.02. The maximum Gasteiger partial charge on any atom is 0.154 e. The molecule has 1 N–H and O–H groups in total. The van der Waals surface area contributed by atoms with Gasteiger partial charge in [-0.05, 0) is 26.0 Å². The maximum absolute atomic E-state index is 6.15. The topological polar surface area (TPSA) is 51.0 Å². The van der Waals surface area contributed by atoms with E-state index < -0.39 is 0 Å².